The highest BCUT2D eigenvalue weighted by Crippen LogP contribution is 2.30. The van der Waals surface area contributed by atoms with E-state index in [1.165, 1.54) is 6.08 Å². The van der Waals surface area contributed by atoms with Gasteiger partial charge in [0.1, 0.15) is 10.7 Å². The summed E-state index contributed by atoms with van der Waals surface area (Å²) >= 11 is 6.18. The number of hydrogen-bond acceptors (Lipinski definition) is 4. The third-order valence-electron chi connectivity index (χ3n) is 4.01. The summed E-state index contributed by atoms with van der Waals surface area (Å²) in [5.74, 6) is -0.307. The Morgan fingerprint density at radius 1 is 0.895 bits per heavy atom. The first-order chi connectivity index (χ1) is 9.18. The van der Waals surface area contributed by atoms with Crippen LogP contribution in [0.25, 0.3) is 0 Å². The van der Waals surface area contributed by atoms with Crippen molar-refractivity contribution in [3.8, 4) is 0 Å². The predicted octanol–water partition coefficient (Wildman–Crippen LogP) is 1.66. The third kappa shape index (κ3) is 2.18. The van der Waals surface area contributed by atoms with Gasteiger partial charge in [0.25, 0.3) is 0 Å². The molecule has 2 heterocycles. The maximum atomic E-state index is 12.3. The van der Waals surface area contributed by atoms with Gasteiger partial charge in [0.15, 0.2) is 0 Å². The van der Waals surface area contributed by atoms with Crippen LogP contribution in [0.1, 0.15) is 25.7 Å². The average molecular weight is 281 g/mol. The topological polar surface area (TPSA) is 40.6 Å². The summed E-state index contributed by atoms with van der Waals surface area (Å²) in [7, 11) is 0. The fourth-order valence-electron chi connectivity index (χ4n) is 3.01. The van der Waals surface area contributed by atoms with Gasteiger partial charge < -0.3 is 9.80 Å². The fourth-order valence-corrected chi connectivity index (χ4v) is 3.32. The van der Waals surface area contributed by atoms with Gasteiger partial charge in [-0.1, -0.05) is 11.6 Å². The van der Waals surface area contributed by atoms with Gasteiger partial charge in [-0.25, -0.2) is 0 Å². The van der Waals surface area contributed by atoms with Gasteiger partial charge in [0.05, 0.1) is 5.70 Å². The summed E-state index contributed by atoms with van der Waals surface area (Å²) in [5, 5.41) is 0.108. The highest BCUT2D eigenvalue weighted by molar-refractivity contribution is 6.48. The van der Waals surface area contributed by atoms with Crippen molar-refractivity contribution in [1.82, 2.24) is 9.80 Å². The van der Waals surface area contributed by atoms with Crippen molar-refractivity contribution < 1.29 is 9.59 Å². The van der Waals surface area contributed by atoms with Crippen LogP contribution >= 0.6 is 11.6 Å². The Kier molecular flexibility index (Phi) is 3.35. The van der Waals surface area contributed by atoms with Crippen LogP contribution in [0.4, 0.5) is 0 Å². The fraction of sp³-hybridized carbons (Fsp3) is 0.571. The van der Waals surface area contributed by atoms with Crippen LogP contribution < -0.4 is 0 Å². The van der Waals surface area contributed by atoms with Crippen LogP contribution in [-0.2, 0) is 9.59 Å². The maximum Gasteiger partial charge on any atom is 0.222 e. The first-order valence-corrected chi connectivity index (χ1v) is 7.26. The summed E-state index contributed by atoms with van der Waals surface area (Å²) in [6.07, 6.45) is 5.72. The molecule has 0 bridgehead atoms. The van der Waals surface area contributed by atoms with Crippen LogP contribution in [0.2, 0.25) is 0 Å². The normalized spacial score (nSPS) is 24.6. The van der Waals surface area contributed by atoms with Crippen molar-refractivity contribution in [3.63, 3.8) is 0 Å². The van der Waals surface area contributed by atoms with Gasteiger partial charge in [-0.15, -0.1) is 0 Å². The van der Waals surface area contributed by atoms with E-state index in [0.717, 1.165) is 51.9 Å². The van der Waals surface area contributed by atoms with Crippen molar-refractivity contribution in [3.05, 3.63) is 22.5 Å². The molecule has 0 spiro atoms. The molecule has 2 fully saturated rings. The molecule has 0 aromatic carbocycles. The molecule has 0 atom stereocenters. The van der Waals surface area contributed by atoms with Crippen LogP contribution in [0.15, 0.2) is 22.5 Å². The van der Waals surface area contributed by atoms with Crippen molar-refractivity contribution in [1.29, 1.82) is 0 Å². The van der Waals surface area contributed by atoms with Crippen molar-refractivity contribution in [2.24, 2.45) is 0 Å². The molecule has 2 aliphatic heterocycles. The van der Waals surface area contributed by atoms with Crippen LogP contribution in [0.5, 0.6) is 0 Å². The second-order valence-corrected chi connectivity index (χ2v) is 5.65. The third-order valence-corrected chi connectivity index (χ3v) is 4.36. The Morgan fingerprint density at radius 3 is 2.00 bits per heavy atom. The molecule has 0 aromatic heterocycles. The minimum Gasteiger partial charge on any atom is -0.368 e. The van der Waals surface area contributed by atoms with Gasteiger partial charge in [-0.2, -0.15) is 0 Å². The lowest BCUT2D eigenvalue weighted by molar-refractivity contribution is -0.117. The van der Waals surface area contributed by atoms with E-state index in [9.17, 15) is 9.59 Å². The zero-order chi connectivity index (χ0) is 13.4. The minimum atomic E-state index is -0.190. The summed E-state index contributed by atoms with van der Waals surface area (Å²) < 4.78 is 0. The molecule has 19 heavy (non-hydrogen) atoms. The van der Waals surface area contributed by atoms with E-state index in [0.29, 0.717) is 11.4 Å². The monoisotopic (exact) mass is 280 g/mol. The number of allylic oxidation sites excluding steroid dienone is 2. The maximum absolute atomic E-state index is 12.3. The van der Waals surface area contributed by atoms with Crippen LogP contribution in [0, 0.1) is 0 Å². The molecule has 3 rings (SSSR count). The quantitative estimate of drug-likeness (QED) is 0.722. The number of carbonyl (C=O) groups excluding carboxylic acids is 2. The summed E-state index contributed by atoms with van der Waals surface area (Å²) in [5.41, 5.74) is 0.891. The van der Waals surface area contributed by atoms with Crippen LogP contribution in [0.3, 0.4) is 0 Å². The molecule has 4 nitrogen and oxygen atoms in total. The first kappa shape index (κ1) is 12.7. The Balaban J connectivity index is 1.89. The van der Waals surface area contributed by atoms with E-state index in [1.807, 2.05) is 9.80 Å². The molecule has 1 aliphatic carbocycles. The standard InChI is InChI=1S/C14H17ClN2O2/c15-12-13(17-7-3-4-8-17)11(18)9-10(14(12)19)16-5-1-2-6-16/h9H,1-8H2. The Hall–Kier alpha value is -1.29. The molecule has 3 aliphatic rings. The number of Topliss-reactive ketones (excluding diaryl/α,β-unsaturated/α-hetero) is 1. The highest BCUT2D eigenvalue weighted by atomic mass is 35.5. The summed E-state index contributed by atoms with van der Waals surface area (Å²) in [6, 6.07) is 0. The number of halogens is 1. The second kappa shape index (κ2) is 5.00. The van der Waals surface area contributed by atoms with Crippen molar-refractivity contribution in [2.45, 2.75) is 25.7 Å². The number of nitrogens with zero attached hydrogens (tertiary/aromatic N) is 2. The van der Waals surface area contributed by atoms with E-state index in [-0.39, 0.29) is 16.6 Å². The van der Waals surface area contributed by atoms with Crippen LogP contribution in [-0.4, -0.2) is 47.5 Å². The second-order valence-electron chi connectivity index (χ2n) is 5.27. The Labute approximate surface area is 117 Å². The first-order valence-electron chi connectivity index (χ1n) is 6.89. The Bertz CT molecular complexity index is 484. The number of rotatable bonds is 2. The number of likely N-dealkylation sites (tertiary alicyclic amines) is 2. The lowest BCUT2D eigenvalue weighted by atomic mass is 10.0. The molecule has 0 N–H and O–H groups in total. The largest absolute Gasteiger partial charge is 0.368 e. The lowest BCUT2D eigenvalue weighted by Gasteiger charge is -2.27. The minimum absolute atomic E-state index is 0.108. The number of carbonyl (C=O) groups is 2. The number of ketones is 2. The molecule has 0 amide bonds. The van der Waals surface area contributed by atoms with Gasteiger partial charge in [0, 0.05) is 32.3 Å². The van der Waals surface area contributed by atoms with E-state index in [2.05, 4.69) is 0 Å². The van der Waals surface area contributed by atoms with Gasteiger partial charge in [-0.05, 0) is 25.7 Å². The van der Waals surface area contributed by atoms with E-state index in [4.69, 9.17) is 11.6 Å². The number of hydrogen-bond donors (Lipinski definition) is 0. The molecule has 0 radical (unpaired) electrons. The molecule has 5 heteroatoms. The average Bonchev–Trinajstić information content (AvgIpc) is 3.06. The van der Waals surface area contributed by atoms with Gasteiger partial charge in [-0.3, -0.25) is 9.59 Å². The van der Waals surface area contributed by atoms with E-state index in [1.54, 1.807) is 0 Å². The van der Waals surface area contributed by atoms with Crippen molar-refractivity contribution in [2.75, 3.05) is 26.2 Å². The molecular formula is C14H17ClN2O2. The molecular weight excluding hydrogens is 264 g/mol. The summed E-state index contributed by atoms with van der Waals surface area (Å²) in [6.45, 7) is 3.32. The van der Waals surface area contributed by atoms with E-state index < -0.39 is 0 Å². The van der Waals surface area contributed by atoms with Crippen molar-refractivity contribution >= 4 is 23.2 Å². The zero-order valence-electron chi connectivity index (χ0n) is 10.8. The SMILES string of the molecule is O=C1C=C(N2CCCC2)C(=O)C(Cl)=C1N1CCCC1. The molecule has 0 unspecified atom stereocenters. The predicted molar refractivity (Wildman–Crippen MR) is 72.6 cm³/mol. The highest BCUT2D eigenvalue weighted by Gasteiger charge is 2.34. The smallest absolute Gasteiger partial charge is 0.222 e. The van der Waals surface area contributed by atoms with Gasteiger partial charge >= 0.3 is 0 Å². The molecule has 0 aromatic rings. The zero-order valence-corrected chi connectivity index (χ0v) is 11.6. The summed E-state index contributed by atoms with van der Waals surface area (Å²) in [4.78, 5) is 28.5. The molecule has 2 saturated heterocycles. The van der Waals surface area contributed by atoms with Gasteiger partial charge in [0.2, 0.25) is 11.6 Å². The van der Waals surface area contributed by atoms with E-state index >= 15 is 0 Å². The lowest BCUT2D eigenvalue weighted by Crippen LogP contribution is -2.34. The molecule has 0 saturated carbocycles. The molecule has 102 valence electrons. The Morgan fingerprint density at radius 2 is 1.42 bits per heavy atom.